The third-order valence-electron chi connectivity index (χ3n) is 2.83. The van der Waals surface area contributed by atoms with Gasteiger partial charge in [0.15, 0.2) is 0 Å². The van der Waals surface area contributed by atoms with E-state index in [-0.39, 0.29) is 6.54 Å². The summed E-state index contributed by atoms with van der Waals surface area (Å²) in [6.07, 6.45) is 0.530. The Balaban J connectivity index is 2.21. The first-order valence-corrected chi connectivity index (χ1v) is 6.04. The summed E-state index contributed by atoms with van der Waals surface area (Å²) in [6.45, 7) is 1.61. The van der Waals surface area contributed by atoms with E-state index in [1.807, 2.05) is 0 Å². The average Bonchev–Trinajstić information content (AvgIpc) is 2.77. The molecule has 1 rings (SSSR count). The summed E-state index contributed by atoms with van der Waals surface area (Å²) in [5, 5.41) is 13.5. The maximum absolute atomic E-state index is 11.5. The number of imide groups is 1. The number of carbonyl (C=O) groups is 3. The number of amides is 3. The molecule has 1 saturated heterocycles. The number of carboxylic acids is 1. The monoisotopic (exact) mass is 273 g/mol. The Hall–Kier alpha value is -1.67. The van der Waals surface area contributed by atoms with E-state index in [4.69, 9.17) is 9.84 Å². The highest BCUT2D eigenvalue weighted by Crippen LogP contribution is 2.15. The van der Waals surface area contributed by atoms with Gasteiger partial charge >= 0.3 is 12.0 Å². The molecule has 0 aromatic rings. The number of nitrogens with zero attached hydrogens (tertiary/aromatic N) is 1. The van der Waals surface area contributed by atoms with Gasteiger partial charge in [0.05, 0.1) is 19.1 Å². The smallest absolute Gasteiger partial charge is 0.321 e. The van der Waals surface area contributed by atoms with Gasteiger partial charge in [-0.2, -0.15) is 0 Å². The second-order valence-corrected chi connectivity index (χ2v) is 4.36. The van der Waals surface area contributed by atoms with Gasteiger partial charge in [0, 0.05) is 20.2 Å². The summed E-state index contributed by atoms with van der Waals surface area (Å²) >= 11 is 0. The van der Waals surface area contributed by atoms with Crippen molar-refractivity contribution in [2.45, 2.75) is 6.42 Å². The molecule has 8 heteroatoms. The van der Waals surface area contributed by atoms with Crippen LogP contribution >= 0.6 is 0 Å². The van der Waals surface area contributed by atoms with Crippen LogP contribution in [0.1, 0.15) is 6.42 Å². The summed E-state index contributed by atoms with van der Waals surface area (Å²) < 4.78 is 4.75. The second-order valence-electron chi connectivity index (χ2n) is 4.36. The first-order chi connectivity index (χ1) is 9.02. The van der Waals surface area contributed by atoms with Gasteiger partial charge in [-0.15, -0.1) is 0 Å². The predicted octanol–water partition coefficient (Wildman–Crippen LogP) is -1.13. The summed E-state index contributed by atoms with van der Waals surface area (Å²) in [6, 6.07) is -0.573. The third-order valence-corrected chi connectivity index (χ3v) is 2.83. The molecule has 1 aliphatic heterocycles. The van der Waals surface area contributed by atoms with E-state index in [2.05, 4.69) is 10.6 Å². The highest BCUT2D eigenvalue weighted by atomic mass is 16.5. The van der Waals surface area contributed by atoms with Crippen LogP contribution in [0.3, 0.4) is 0 Å². The van der Waals surface area contributed by atoms with Crippen molar-refractivity contribution in [1.29, 1.82) is 0 Å². The molecule has 0 spiro atoms. The fourth-order valence-corrected chi connectivity index (χ4v) is 1.86. The Morgan fingerprint density at radius 3 is 2.74 bits per heavy atom. The maximum Gasteiger partial charge on any atom is 0.321 e. The van der Waals surface area contributed by atoms with Gasteiger partial charge in [-0.05, 0) is 13.0 Å². The Morgan fingerprint density at radius 1 is 1.42 bits per heavy atom. The standard InChI is InChI=1S/C11H19N3O5/c1-19-5-3-12-11(18)13-9(15)7-14-4-2-8(6-14)10(16)17/h8H,2-7H2,1H3,(H,16,17)(H2,12,13,15,18). The van der Waals surface area contributed by atoms with Gasteiger partial charge in [0.25, 0.3) is 0 Å². The Bertz CT molecular complexity index is 347. The molecule has 0 aliphatic carbocycles. The van der Waals surface area contributed by atoms with Crippen molar-refractivity contribution < 1.29 is 24.2 Å². The number of nitrogens with one attached hydrogen (secondary N) is 2. The highest BCUT2D eigenvalue weighted by Gasteiger charge is 2.29. The summed E-state index contributed by atoms with van der Waals surface area (Å²) in [4.78, 5) is 35.3. The Kier molecular flexibility index (Phi) is 6.23. The zero-order valence-corrected chi connectivity index (χ0v) is 10.8. The van der Waals surface area contributed by atoms with Crippen LogP contribution in [0.25, 0.3) is 0 Å². The fourth-order valence-electron chi connectivity index (χ4n) is 1.86. The molecule has 1 aliphatic rings. The molecule has 0 bridgehead atoms. The number of rotatable bonds is 6. The molecule has 0 radical (unpaired) electrons. The molecule has 0 aromatic heterocycles. The number of hydrogen-bond acceptors (Lipinski definition) is 5. The Morgan fingerprint density at radius 2 is 2.16 bits per heavy atom. The molecular weight excluding hydrogens is 254 g/mol. The fraction of sp³-hybridized carbons (Fsp3) is 0.727. The lowest BCUT2D eigenvalue weighted by molar-refractivity contribution is -0.141. The number of ether oxygens (including phenoxy) is 1. The molecule has 108 valence electrons. The van der Waals surface area contributed by atoms with Crippen molar-refractivity contribution in [3.8, 4) is 0 Å². The molecule has 1 atom stereocenters. The summed E-state index contributed by atoms with van der Waals surface area (Å²) in [5.41, 5.74) is 0. The number of urea groups is 1. The maximum atomic E-state index is 11.5. The van der Waals surface area contributed by atoms with Crippen LogP contribution < -0.4 is 10.6 Å². The van der Waals surface area contributed by atoms with Crippen LogP contribution in [0, 0.1) is 5.92 Å². The van der Waals surface area contributed by atoms with Crippen molar-refractivity contribution in [3.05, 3.63) is 0 Å². The first-order valence-electron chi connectivity index (χ1n) is 6.04. The van der Waals surface area contributed by atoms with Crippen LogP contribution in [-0.2, 0) is 14.3 Å². The first kappa shape index (κ1) is 15.4. The molecule has 0 saturated carbocycles. The van der Waals surface area contributed by atoms with Crippen LogP contribution in [0.4, 0.5) is 4.79 Å². The molecule has 1 fully saturated rings. The average molecular weight is 273 g/mol. The highest BCUT2D eigenvalue weighted by molar-refractivity contribution is 5.95. The lowest BCUT2D eigenvalue weighted by atomic mass is 10.1. The SMILES string of the molecule is COCCNC(=O)NC(=O)CN1CCC(C(=O)O)C1. The van der Waals surface area contributed by atoms with Crippen LogP contribution in [-0.4, -0.2) is 67.8 Å². The Labute approximate surface area is 111 Å². The van der Waals surface area contributed by atoms with E-state index in [1.54, 1.807) is 4.90 Å². The van der Waals surface area contributed by atoms with Crippen LogP contribution in [0.5, 0.6) is 0 Å². The molecular formula is C11H19N3O5. The van der Waals surface area contributed by atoms with Gasteiger partial charge < -0.3 is 15.2 Å². The molecule has 1 heterocycles. The minimum absolute atomic E-state index is 0.0292. The molecule has 19 heavy (non-hydrogen) atoms. The number of carbonyl (C=O) groups excluding carboxylic acids is 2. The zero-order chi connectivity index (χ0) is 14.3. The van der Waals surface area contributed by atoms with Crippen LogP contribution in [0.15, 0.2) is 0 Å². The topological polar surface area (TPSA) is 108 Å². The van der Waals surface area contributed by atoms with Crippen molar-refractivity contribution in [3.63, 3.8) is 0 Å². The van der Waals surface area contributed by atoms with Crippen LogP contribution in [0.2, 0.25) is 0 Å². The van der Waals surface area contributed by atoms with Gasteiger partial charge in [0.2, 0.25) is 5.91 Å². The van der Waals surface area contributed by atoms with Crippen molar-refractivity contribution in [2.75, 3.05) is 39.9 Å². The van der Waals surface area contributed by atoms with Gasteiger partial charge in [-0.25, -0.2) is 4.79 Å². The molecule has 0 aromatic carbocycles. The minimum atomic E-state index is -0.847. The predicted molar refractivity (Wildman–Crippen MR) is 65.6 cm³/mol. The summed E-state index contributed by atoms with van der Waals surface area (Å²) in [7, 11) is 1.51. The van der Waals surface area contributed by atoms with E-state index in [9.17, 15) is 14.4 Å². The van der Waals surface area contributed by atoms with E-state index in [0.29, 0.717) is 32.7 Å². The van der Waals surface area contributed by atoms with Gasteiger partial charge in [-0.1, -0.05) is 0 Å². The van der Waals surface area contributed by atoms with Gasteiger partial charge in [-0.3, -0.25) is 19.8 Å². The molecule has 8 nitrogen and oxygen atoms in total. The van der Waals surface area contributed by atoms with Crippen molar-refractivity contribution in [1.82, 2.24) is 15.5 Å². The number of aliphatic carboxylic acids is 1. The van der Waals surface area contributed by atoms with Crippen molar-refractivity contribution >= 4 is 17.9 Å². The van der Waals surface area contributed by atoms with E-state index in [1.165, 1.54) is 7.11 Å². The van der Waals surface area contributed by atoms with E-state index in [0.717, 1.165) is 0 Å². The normalized spacial score (nSPS) is 19.1. The van der Waals surface area contributed by atoms with Crippen molar-refractivity contribution in [2.24, 2.45) is 5.92 Å². The van der Waals surface area contributed by atoms with Gasteiger partial charge in [0.1, 0.15) is 0 Å². The molecule has 3 N–H and O–H groups in total. The zero-order valence-electron chi connectivity index (χ0n) is 10.8. The number of likely N-dealkylation sites (tertiary alicyclic amines) is 1. The lowest BCUT2D eigenvalue weighted by Gasteiger charge is -2.14. The number of hydrogen-bond donors (Lipinski definition) is 3. The van der Waals surface area contributed by atoms with E-state index >= 15 is 0 Å². The number of methoxy groups -OCH3 is 1. The summed E-state index contributed by atoms with van der Waals surface area (Å²) in [5.74, 6) is -1.72. The quantitative estimate of drug-likeness (QED) is 0.528. The molecule has 1 unspecified atom stereocenters. The molecule has 3 amide bonds. The number of carboxylic acid groups (broad SMARTS) is 1. The minimum Gasteiger partial charge on any atom is -0.481 e. The lowest BCUT2D eigenvalue weighted by Crippen LogP contribution is -2.45. The third kappa shape index (κ3) is 5.66. The van der Waals surface area contributed by atoms with E-state index < -0.39 is 23.8 Å². The second kappa shape index (κ2) is 7.70. The largest absolute Gasteiger partial charge is 0.481 e.